The van der Waals surface area contributed by atoms with Crippen LogP contribution in [0.3, 0.4) is 0 Å². The van der Waals surface area contributed by atoms with E-state index in [9.17, 15) is 0 Å². The number of hydrogen-bond donors (Lipinski definition) is 0. The second kappa shape index (κ2) is 5.82. The molecule has 6 nitrogen and oxygen atoms in total. The van der Waals surface area contributed by atoms with Crippen LogP contribution in [0, 0.1) is 0 Å². The third-order valence-electron chi connectivity index (χ3n) is 4.63. The summed E-state index contributed by atoms with van der Waals surface area (Å²) in [6, 6.07) is 10.3. The Morgan fingerprint density at radius 3 is 2.72 bits per heavy atom. The van der Waals surface area contributed by atoms with Crippen molar-refractivity contribution in [2.24, 2.45) is 0 Å². The van der Waals surface area contributed by atoms with Crippen LogP contribution in [0.1, 0.15) is 0 Å². The number of rotatable bonds is 2. The van der Waals surface area contributed by atoms with E-state index in [0.29, 0.717) is 0 Å². The van der Waals surface area contributed by atoms with E-state index in [0.717, 1.165) is 59.9 Å². The molecule has 25 heavy (non-hydrogen) atoms. The van der Waals surface area contributed by atoms with Crippen LogP contribution in [-0.2, 0) is 4.74 Å². The number of fused-ring (bicyclic) bond motifs is 2. The summed E-state index contributed by atoms with van der Waals surface area (Å²) in [5.74, 6) is 0.908. The Labute approximate surface area is 144 Å². The first kappa shape index (κ1) is 14.4. The van der Waals surface area contributed by atoms with Crippen LogP contribution in [0.15, 0.2) is 55.1 Å². The summed E-state index contributed by atoms with van der Waals surface area (Å²) >= 11 is 0. The Morgan fingerprint density at radius 2 is 1.80 bits per heavy atom. The number of morpholine rings is 1. The fourth-order valence-electron chi connectivity index (χ4n) is 3.41. The number of nitrogens with zero attached hydrogens (tertiary/aromatic N) is 5. The highest BCUT2D eigenvalue weighted by Gasteiger charge is 2.18. The molecule has 6 heteroatoms. The van der Waals surface area contributed by atoms with Crippen molar-refractivity contribution in [2.75, 3.05) is 31.2 Å². The number of imidazole rings is 1. The molecule has 4 heterocycles. The van der Waals surface area contributed by atoms with Gasteiger partial charge in [-0.05, 0) is 6.07 Å². The third-order valence-corrected chi connectivity index (χ3v) is 4.63. The molecule has 0 unspecified atom stereocenters. The minimum atomic E-state index is 0.726. The van der Waals surface area contributed by atoms with Gasteiger partial charge in [0, 0.05) is 42.6 Å². The molecular weight excluding hydrogens is 314 g/mol. The number of para-hydroxylation sites is 1. The number of benzene rings is 1. The highest BCUT2D eigenvalue weighted by atomic mass is 16.5. The van der Waals surface area contributed by atoms with Gasteiger partial charge < -0.3 is 9.64 Å². The van der Waals surface area contributed by atoms with Crippen molar-refractivity contribution in [2.45, 2.75) is 0 Å². The number of anilines is 1. The Morgan fingerprint density at radius 1 is 0.920 bits per heavy atom. The number of ether oxygens (including phenoxy) is 1. The van der Waals surface area contributed by atoms with Gasteiger partial charge in [0.2, 0.25) is 0 Å². The predicted octanol–water partition coefficient (Wildman–Crippen LogP) is 2.78. The second-order valence-electron chi connectivity index (χ2n) is 6.07. The van der Waals surface area contributed by atoms with Gasteiger partial charge in [0.15, 0.2) is 11.5 Å². The topological polar surface area (TPSA) is 55.5 Å². The molecule has 1 fully saturated rings. The quantitative estimate of drug-likeness (QED) is 0.565. The number of pyridine rings is 1. The number of aromatic nitrogens is 4. The molecule has 1 saturated heterocycles. The molecule has 0 amide bonds. The Kier molecular flexibility index (Phi) is 3.34. The molecule has 0 spiro atoms. The minimum absolute atomic E-state index is 0.726. The average Bonchev–Trinajstić information content (AvgIpc) is 3.12. The Hall–Kier alpha value is -2.99. The van der Waals surface area contributed by atoms with Gasteiger partial charge in [0.1, 0.15) is 0 Å². The lowest BCUT2D eigenvalue weighted by Gasteiger charge is -2.27. The van der Waals surface area contributed by atoms with Crippen molar-refractivity contribution < 1.29 is 4.74 Å². The zero-order valence-corrected chi connectivity index (χ0v) is 13.7. The van der Waals surface area contributed by atoms with Crippen LogP contribution in [0.2, 0.25) is 0 Å². The van der Waals surface area contributed by atoms with E-state index in [4.69, 9.17) is 4.74 Å². The zero-order chi connectivity index (χ0) is 16.6. The summed E-state index contributed by atoms with van der Waals surface area (Å²) in [5, 5.41) is 1.12. The molecule has 0 saturated carbocycles. The smallest absolute Gasteiger partial charge is 0.180 e. The van der Waals surface area contributed by atoms with Gasteiger partial charge >= 0.3 is 0 Å². The minimum Gasteiger partial charge on any atom is -0.378 e. The maximum atomic E-state index is 5.45. The first-order valence-electron chi connectivity index (χ1n) is 8.41. The van der Waals surface area contributed by atoms with E-state index in [-0.39, 0.29) is 0 Å². The van der Waals surface area contributed by atoms with Crippen molar-refractivity contribution in [3.63, 3.8) is 0 Å². The molecule has 4 aromatic rings. The van der Waals surface area contributed by atoms with Gasteiger partial charge in [-0.1, -0.05) is 24.3 Å². The lowest BCUT2D eigenvalue weighted by atomic mass is 10.1. The van der Waals surface area contributed by atoms with Crippen molar-refractivity contribution in [1.29, 1.82) is 0 Å². The first-order valence-corrected chi connectivity index (χ1v) is 8.41. The molecule has 0 N–H and O–H groups in total. The van der Waals surface area contributed by atoms with Gasteiger partial charge in [-0.3, -0.25) is 9.38 Å². The largest absolute Gasteiger partial charge is 0.378 e. The van der Waals surface area contributed by atoms with Crippen LogP contribution in [0.4, 0.5) is 5.82 Å². The van der Waals surface area contributed by atoms with Crippen LogP contribution in [-0.4, -0.2) is 45.7 Å². The number of hydrogen-bond acceptors (Lipinski definition) is 5. The van der Waals surface area contributed by atoms with Crippen molar-refractivity contribution in [1.82, 2.24) is 19.4 Å². The van der Waals surface area contributed by atoms with E-state index >= 15 is 0 Å². The molecule has 124 valence electrons. The molecule has 0 radical (unpaired) electrons. The van der Waals surface area contributed by atoms with Gasteiger partial charge in [-0.25, -0.2) is 9.97 Å². The predicted molar refractivity (Wildman–Crippen MR) is 96.8 cm³/mol. The SMILES string of the molecule is c1cnc2c(-c3cnc4c(N5CCOCC5)nccn34)cccc2c1. The highest BCUT2D eigenvalue weighted by molar-refractivity contribution is 5.93. The molecule has 0 atom stereocenters. The van der Waals surface area contributed by atoms with Crippen LogP contribution in [0.25, 0.3) is 27.8 Å². The average molecular weight is 331 g/mol. The molecule has 1 aliphatic heterocycles. The van der Waals surface area contributed by atoms with E-state index < -0.39 is 0 Å². The van der Waals surface area contributed by atoms with E-state index in [1.165, 1.54) is 0 Å². The van der Waals surface area contributed by atoms with Crippen molar-refractivity contribution in [3.8, 4) is 11.3 Å². The summed E-state index contributed by atoms with van der Waals surface area (Å²) in [7, 11) is 0. The standard InChI is InChI=1S/C19H17N5O/c1-3-14-4-2-6-20-17(14)15(5-1)16-13-22-19-18(21-7-8-24(16)19)23-9-11-25-12-10-23/h1-8,13H,9-12H2. The zero-order valence-electron chi connectivity index (χ0n) is 13.7. The molecule has 1 aliphatic rings. The van der Waals surface area contributed by atoms with Gasteiger partial charge in [-0.15, -0.1) is 0 Å². The van der Waals surface area contributed by atoms with Gasteiger partial charge in [0.25, 0.3) is 0 Å². The lowest BCUT2D eigenvalue weighted by Crippen LogP contribution is -2.37. The van der Waals surface area contributed by atoms with E-state index in [1.54, 1.807) is 0 Å². The maximum absolute atomic E-state index is 5.45. The Bertz CT molecular complexity index is 1050. The fraction of sp³-hybridized carbons (Fsp3) is 0.211. The van der Waals surface area contributed by atoms with Crippen LogP contribution in [0.5, 0.6) is 0 Å². The highest BCUT2D eigenvalue weighted by Crippen LogP contribution is 2.29. The molecule has 5 rings (SSSR count). The monoisotopic (exact) mass is 331 g/mol. The van der Waals surface area contributed by atoms with Crippen molar-refractivity contribution in [3.05, 3.63) is 55.1 Å². The van der Waals surface area contributed by atoms with Crippen LogP contribution >= 0.6 is 0 Å². The first-order chi connectivity index (χ1) is 12.4. The van der Waals surface area contributed by atoms with E-state index in [2.05, 4.69) is 48.5 Å². The molecule has 3 aromatic heterocycles. The van der Waals surface area contributed by atoms with Crippen LogP contribution < -0.4 is 4.90 Å². The Balaban J connectivity index is 1.70. The summed E-state index contributed by atoms with van der Waals surface area (Å²) in [5.41, 5.74) is 3.95. The normalized spacial score (nSPS) is 15.1. The maximum Gasteiger partial charge on any atom is 0.180 e. The summed E-state index contributed by atoms with van der Waals surface area (Å²) < 4.78 is 7.55. The molecule has 0 bridgehead atoms. The second-order valence-corrected chi connectivity index (χ2v) is 6.07. The van der Waals surface area contributed by atoms with E-state index in [1.807, 2.05) is 30.9 Å². The molecule has 0 aliphatic carbocycles. The molecular formula is C19H17N5O. The third kappa shape index (κ3) is 2.34. The summed E-state index contributed by atoms with van der Waals surface area (Å²) in [4.78, 5) is 16.0. The lowest BCUT2D eigenvalue weighted by molar-refractivity contribution is 0.122. The van der Waals surface area contributed by atoms with Gasteiger partial charge in [-0.2, -0.15) is 0 Å². The summed E-state index contributed by atoms with van der Waals surface area (Å²) in [6.07, 6.45) is 7.53. The molecule has 1 aromatic carbocycles. The summed E-state index contributed by atoms with van der Waals surface area (Å²) in [6.45, 7) is 3.13. The van der Waals surface area contributed by atoms with Gasteiger partial charge in [0.05, 0.1) is 30.6 Å². The van der Waals surface area contributed by atoms with Crippen molar-refractivity contribution >= 4 is 22.4 Å². The fourth-order valence-corrected chi connectivity index (χ4v) is 3.41.